The Morgan fingerprint density at radius 3 is 2.42 bits per heavy atom. The number of hydrogen-bond donors (Lipinski definition) is 1. The molecule has 1 aromatic rings. The van der Waals surface area contributed by atoms with Gasteiger partial charge >= 0.3 is 0 Å². The van der Waals surface area contributed by atoms with Crippen LogP contribution in [-0.4, -0.2) is 17.0 Å². The summed E-state index contributed by atoms with van der Waals surface area (Å²) in [6.45, 7) is 2.26. The van der Waals surface area contributed by atoms with Crippen molar-refractivity contribution in [2.24, 2.45) is 11.8 Å². The molecule has 1 unspecified atom stereocenters. The Balaban J connectivity index is 1.75. The lowest BCUT2D eigenvalue weighted by atomic mass is 9.79. The zero-order chi connectivity index (χ0) is 13.7. The molecular weight excluding hydrogens is 259 g/mol. The van der Waals surface area contributed by atoms with Crippen molar-refractivity contribution in [3.63, 3.8) is 0 Å². The summed E-state index contributed by atoms with van der Waals surface area (Å²) in [5.74, 6) is 1.83. The van der Waals surface area contributed by atoms with Crippen molar-refractivity contribution >= 4 is 11.8 Å². The lowest BCUT2D eigenvalue weighted by Gasteiger charge is -2.30. The van der Waals surface area contributed by atoms with E-state index in [0.717, 1.165) is 23.7 Å². The summed E-state index contributed by atoms with van der Waals surface area (Å²) < 4.78 is 12.8. The average Bonchev–Trinajstić information content (AvgIpc) is 2.46. The number of aliphatic hydroxyl groups is 1. The van der Waals surface area contributed by atoms with Gasteiger partial charge in [-0.15, -0.1) is 11.8 Å². The number of hydrogen-bond acceptors (Lipinski definition) is 2. The molecule has 0 bridgehead atoms. The maximum Gasteiger partial charge on any atom is 0.123 e. The molecule has 0 amide bonds. The zero-order valence-electron chi connectivity index (χ0n) is 11.5. The molecule has 1 nitrogen and oxygen atoms in total. The Bertz CT molecular complexity index is 371. The fourth-order valence-electron chi connectivity index (χ4n) is 2.83. The van der Waals surface area contributed by atoms with Crippen LogP contribution in [0.25, 0.3) is 0 Å². The first-order valence-corrected chi connectivity index (χ1v) is 8.24. The molecule has 0 saturated heterocycles. The Morgan fingerprint density at radius 1 is 1.21 bits per heavy atom. The van der Waals surface area contributed by atoms with Crippen LogP contribution in [0.3, 0.4) is 0 Å². The summed E-state index contributed by atoms with van der Waals surface area (Å²) in [5, 5.41) is 10.3. The van der Waals surface area contributed by atoms with Crippen LogP contribution >= 0.6 is 11.8 Å². The summed E-state index contributed by atoms with van der Waals surface area (Å²) in [7, 11) is 0. The van der Waals surface area contributed by atoms with Crippen LogP contribution in [-0.2, 0) is 0 Å². The summed E-state index contributed by atoms with van der Waals surface area (Å²) in [6.07, 6.45) is 5.88. The summed E-state index contributed by atoms with van der Waals surface area (Å²) in [5.41, 5.74) is 0. The van der Waals surface area contributed by atoms with Gasteiger partial charge in [0.1, 0.15) is 5.82 Å². The largest absolute Gasteiger partial charge is 0.392 e. The lowest BCUT2D eigenvalue weighted by molar-refractivity contribution is 0.0916. The first kappa shape index (κ1) is 14.9. The van der Waals surface area contributed by atoms with Gasteiger partial charge in [-0.2, -0.15) is 0 Å². The molecule has 1 atom stereocenters. The van der Waals surface area contributed by atoms with Gasteiger partial charge in [-0.1, -0.05) is 26.2 Å². The van der Waals surface area contributed by atoms with Gasteiger partial charge < -0.3 is 5.11 Å². The van der Waals surface area contributed by atoms with E-state index >= 15 is 0 Å². The smallest absolute Gasteiger partial charge is 0.123 e. The summed E-state index contributed by atoms with van der Waals surface area (Å²) >= 11 is 1.62. The van der Waals surface area contributed by atoms with Crippen molar-refractivity contribution in [1.82, 2.24) is 0 Å². The minimum absolute atomic E-state index is 0.206. The second-order valence-electron chi connectivity index (χ2n) is 5.52. The van der Waals surface area contributed by atoms with E-state index in [4.69, 9.17) is 0 Å². The number of halogens is 1. The van der Waals surface area contributed by atoms with Crippen LogP contribution in [0.5, 0.6) is 0 Å². The van der Waals surface area contributed by atoms with Gasteiger partial charge in [-0.3, -0.25) is 0 Å². The van der Waals surface area contributed by atoms with Crippen molar-refractivity contribution in [3.05, 3.63) is 30.1 Å². The maximum absolute atomic E-state index is 12.8. The fourth-order valence-corrected chi connectivity index (χ4v) is 3.79. The third kappa shape index (κ3) is 4.50. The molecule has 1 aromatic carbocycles. The molecule has 3 heteroatoms. The predicted molar refractivity (Wildman–Crippen MR) is 78.9 cm³/mol. The van der Waals surface area contributed by atoms with Gasteiger partial charge in [0.05, 0.1) is 6.10 Å². The van der Waals surface area contributed by atoms with Crippen molar-refractivity contribution in [1.29, 1.82) is 0 Å². The third-order valence-electron chi connectivity index (χ3n) is 4.25. The predicted octanol–water partition coefficient (Wildman–Crippen LogP) is 4.50. The highest BCUT2D eigenvalue weighted by Gasteiger charge is 2.25. The van der Waals surface area contributed by atoms with Crippen molar-refractivity contribution < 1.29 is 9.50 Å². The van der Waals surface area contributed by atoms with E-state index in [9.17, 15) is 9.50 Å². The molecule has 0 radical (unpaired) electrons. The van der Waals surface area contributed by atoms with E-state index in [2.05, 4.69) is 6.92 Å². The van der Waals surface area contributed by atoms with Gasteiger partial charge in [-0.05, 0) is 48.9 Å². The van der Waals surface area contributed by atoms with E-state index < -0.39 is 0 Å². The van der Waals surface area contributed by atoms with Crippen molar-refractivity contribution in [3.8, 4) is 0 Å². The Hall–Kier alpha value is -0.540. The first-order valence-electron chi connectivity index (χ1n) is 7.25. The van der Waals surface area contributed by atoms with Crippen molar-refractivity contribution in [2.75, 3.05) is 5.75 Å². The molecule has 106 valence electrons. The van der Waals surface area contributed by atoms with E-state index in [1.54, 1.807) is 23.9 Å². The second kappa shape index (κ2) is 7.30. The number of benzene rings is 1. The molecule has 0 heterocycles. The lowest BCUT2D eigenvalue weighted by Crippen LogP contribution is -2.27. The molecule has 1 aliphatic rings. The third-order valence-corrected chi connectivity index (χ3v) is 5.36. The number of aliphatic hydroxyl groups excluding tert-OH is 1. The van der Waals surface area contributed by atoms with Crippen LogP contribution in [0.15, 0.2) is 29.2 Å². The highest BCUT2D eigenvalue weighted by Crippen LogP contribution is 2.34. The van der Waals surface area contributed by atoms with E-state index in [1.165, 1.54) is 31.4 Å². The van der Waals surface area contributed by atoms with Crippen LogP contribution in [0.2, 0.25) is 0 Å². The highest BCUT2D eigenvalue weighted by atomic mass is 32.2. The number of thioether (sulfide) groups is 1. The minimum atomic E-state index is -0.229. The number of rotatable bonds is 5. The normalized spacial score (nSPS) is 25.2. The fraction of sp³-hybridized carbons (Fsp3) is 0.625. The summed E-state index contributed by atoms with van der Waals surface area (Å²) in [4.78, 5) is 1.03. The second-order valence-corrected chi connectivity index (χ2v) is 6.61. The van der Waals surface area contributed by atoms with Gasteiger partial charge in [0.25, 0.3) is 0 Å². The highest BCUT2D eigenvalue weighted by molar-refractivity contribution is 7.99. The zero-order valence-corrected chi connectivity index (χ0v) is 12.3. The molecule has 1 saturated carbocycles. The van der Waals surface area contributed by atoms with Gasteiger partial charge in [-0.25, -0.2) is 4.39 Å². The van der Waals surface area contributed by atoms with Gasteiger partial charge in [0.2, 0.25) is 0 Å². The van der Waals surface area contributed by atoms with Crippen LogP contribution in [0.1, 0.15) is 39.0 Å². The van der Waals surface area contributed by atoms with E-state index in [0.29, 0.717) is 11.7 Å². The molecule has 0 aliphatic heterocycles. The minimum Gasteiger partial charge on any atom is -0.392 e. The molecule has 19 heavy (non-hydrogen) atoms. The molecule has 0 aromatic heterocycles. The van der Waals surface area contributed by atoms with Crippen molar-refractivity contribution in [2.45, 2.75) is 50.0 Å². The molecule has 1 N–H and O–H groups in total. The molecule has 0 spiro atoms. The van der Waals surface area contributed by atoms with Crippen LogP contribution in [0, 0.1) is 17.7 Å². The maximum atomic E-state index is 12.8. The standard InChI is InChI=1S/C16H23FOS/c1-2-12-3-5-13(6-4-12)16(18)11-19-15-9-7-14(17)8-10-15/h7-10,12-13,16,18H,2-6,11H2,1H3. The Labute approximate surface area is 119 Å². The van der Waals surface area contributed by atoms with Gasteiger partial charge in [0, 0.05) is 10.6 Å². The summed E-state index contributed by atoms with van der Waals surface area (Å²) in [6, 6.07) is 6.50. The Morgan fingerprint density at radius 2 is 1.84 bits per heavy atom. The monoisotopic (exact) mass is 282 g/mol. The molecule has 1 aliphatic carbocycles. The van der Waals surface area contributed by atoms with Gasteiger partial charge in [0.15, 0.2) is 0 Å². The molecule has 2 rings (SSSR count). The van der Waals surface area contributed by atoms with Crippen LogP contribution < -0.4 is 0 Å². The average molecular weight is 282 g/mol. The van der Waals surface area contributed by atoms with Crippen LogP contribution in [0.4, 0.5) is 4.39 Å². The quantitative estimate of drug-likeness (QED) is 0.803. The van der Waals surface area contributed by atoms with E-state index in [-0.39, 0.29) is 11.9 Å². The van der Waals surface area contributed by atoms with E-state index in [1.807, 2.05) is 0 Å². The molecular formula is C16H23FOS. The Kier molecular flexibility index (Phi) is 5.71. The topological polar surface area (TPSA) is 20.2 Å². The first-order chi connectivity index (χ1) is 9.19. The SMILES string of the molecule is CCC1CCC(C(O)CSc2ccc(F)cc2)CC1. The molecule has 1 fully saturated rings.